The molecule has 392 valence electrons. The molecule has 0 aliphatic heterocycles. The first kappa shape index (κ1) is 61.7. The van der Waals surface area contributed by atoms with Crippen molar-refractivity contribution in [2.75, 3.05) is 0 Å². The summed E-state index contributed by atoms with van der Waals surface area (Å²) in [6.07, 6.45) is 6.84. The Morgan fingerprint density at radius 2 is 1.15 bits per heavy atom. The lowest BCUT2D eigenvalue weighted by atomic mass is 9.86. The van der Waals surface area contributed by atoms with Crippen molar-refractivity contribution in [2.24, 2.45) is 0 Å². The molecule has 0 spiro atoms. The first-order chi connectivity index (χ1) is 33.3. The van der Waals surface area contributed by atoms with Gasteiger partial charge in [-0.2, -0.15) is 0 Å². The second kappa shape index (κ2) is 27.1. The van der Waals surface area contributed by atoms with E-state index in [4.69, 9.17) is 16.3 Å². The molecule has 0 aliphatic rings. The van der Waals surface area contributed by atoms with Crippen molar-refractivity contribution < 1.29 is 9.53 Å². The monoisotopic (exact) mass is 1040 g/mol. The molecule has 0 atom stereocenters. The summed E-state index contributed by atoms with van der Waals surface area (Å²) >= 11 is 9.13. The molecule has 0 bridgehead atoms. The van der Waals surface area contributed by atoms with Crippen molar-refractivity contribution >= 4 is 82.9 Å². The predicted octanol–water partition coefficient (Wildman–Crippen LogP) is 19.9. The normalized spacial score (nSPS) is 11.3. The lowest BCUT2D eigenvalue weighted by molar-refractivity contribution is 0.0544. The number of fused-ring (bicyclic) bond motifs is 4. The minimum Gasteiger partial charge on any atom is -0.443 e. The first-order valence-corrected chi connectivity index (χ1v) is 26.8. The highest BCUT2D eigenvalue weighted by Crippen LogP contribution is 2.29. The Balaban J connectivity index is 0.000000241. The second-order valence-corrected chi connectivity index (χ2v) is 23.9. The number of rotatable bonds is 5. The van der Waals surface area contributed by atoms with Gasteiger partial charge in [0.15, 0.2) is 0 Å². The number of pyridine rings is 3. The van der Waals surface area contributed by atoms with Crippen LogP contribution in [0.5, 0.6) is 0 Å². The first-order valence-electron chi connectivity index (χ1n) is 24.7. The topological polar surface area (TPSA) is 95.7 Å². The van der Waals surface area contributed by atoms with Crippen LogP contribution in [0.3, 0.4) is 0 Å². The number of carbonyl (C=O) groups excluding carboxylic acids is 1. The standard InChI is InChI=1S/C16H21NO2.C13H20.C12H13N.C10H12N2S.C9H9ClN2S.2CH4/c1-11(2)12-6-7-14-13(10-12)8-9-17(14)15(18)19-16(3,4)5;1-10(2)11-6-8-12(9-7-11)13(3,4)5;1-9(2)11-7-3-5-10-6-4-8-13-12(10)11;1-6(2)9-12-8-4-7(3)5-11-10(8)13-9;1-5(2)8-12-7-3-6(10)4-11-9(7)13-8;;/h6-11H,1-5H3;6-10H,1-5H3;3-9H,1-2H3;4-6H,1-3H3;3-5H,1-2H3;2*1H4. The zero-order valence-electron chi connectivity index (χ0n) is 45.1. The number of hydrogen-bond donors (Lipinski definition) is 0. The summed E-state index contributed by atoms with van der Waals surface area (Å²) in [5.74, 6) is 2.61. The number of halogens is 1. The van der Waals surface area contributed by atoms with Gasteiger partial charge in [-0.15, -0.1) is 0 Å². The lowest BCUT2D eigenvalue weighted by Crippen LogP contribution is -2.26. The molecule has 0 unspecified atom stereocenters. The molecular formula is C62H83ClN6O2S2. The van der Waals surface area contributed by atoms with Gasteiger partial charge in [0, 0.05) is 47.4 Å². The van der Waals surface area contributed by atoms with Crippen molar-refractivity contribution in [3.63, 3.8) is 0 Å². The minimum absolute atomic E-state index is 0. The third-order valence-electron chi connectivity index (χ3n) is 11.3. The van der Waals surface area contributed by atoms with Crippen molar-refractivity contribution in [1.82, 2.24) is 29.5 Å². The van der Waals surface area contributed by atoms with Crippen LogP contribution in [0.1, 0.15) is 193 Å². The van der Waals surface area contributed by atoms with E-state index in [9.17, 15) is 4.79 Å². The van der Waals surface area contributed by atoms with E-state index in [-0.39, 0.29) is 26.4 Å². The lowest BCUT2D eigenvalue weighted by Gasteiger charge is -2.19. The summed E-state index contributed by atoms with van der Waals surface area (Å²) in [6.45, 7) is 36.1. The molecule has 11 heteroatoms. The summed E-state index contributed by atoms with van der Waals surface area (Å²) in [5, 5.41) is 5.23. The quantitative estimate of drug-likeness (QED) is 0.169. The molecule has 0 fully saturated rings. The highest BCUT2D eigenvalue weighted by atomic mass is 35.5. The van der Waals surface area contributed by atoms with Gasteiger partial charge in [0.1, 0.15) is 26.3 Å². The van der Waals surface area contributed by atoms with Crippen molar-refractivity contribution in [3.05, 3.63) is 159 Å². The Morgan fingerprint density at radius 1 is 0.603 bits per heavy atom. The molecule has 0 radical (unpaired) electrons. The van der Waals surface area contributed by atoms with E-state index in [2.05, 4.69) is 182 Å². The second-order valence-electron chi connectivity index (χ2n) is 21.5. The Kier molecular flexibility index (Phi) is 22.9. The van der Waals surface area contributed by atoms with Gasteiger partial charge in [0.05, 0.1) is 26.1 Å². The highest BCUT2D eigenvalue weighted by Gasteiger charge is 2.19. The van der Waals surface area contributed by atoms with E-state index < -0.39 is 5.60 Å². The number of aromatic nitrogens is 6. The molecule has 6 aromatic heterocycles. The van der Waals surface area contributed by atoms with Crippen LogP contribution < -0.4 is 0 Å². The Hall–Kier alpha value is -5.55. The van der Waals surface area contributed by atoms with Crippen LogP contribution in [0.15, 0.2) is 116 Å². The van der Waals surface area contributed by atoms with Crippen LogP contribution in [0.25, 0.3) is 42.5 Å². The fourth-order valence-corrected chi connectivity index (χ4v) is 9.14. The van der Waals surface area contributed by atoms with Gasteiger partial charge in [0.2, 0.25) is 0 Å². The Bertz CT molecular complexity index is 3040. The summed E-state index contributed by atoms with van der Waals surface area (Å²) in [4.78, 5) is 36.0. The van der Waals surface area contributed by atoms with Crippen LogP contribution >= 0.6 is 34.3 Å². The van der Waals surface area contributed by atoms with Crippen LogP contribution in [-0.2, 0) is 10.2 Å². The molecule has 73 heavy (non-hydrogen) atoms. The minimum atomic E-state index is -0.481. The third-order valence-corrected chi connectivity index (χ3v) is 14.1. The Labute approximate surface area is 451 Å². The summed E-state index contributed by atoms with van der Waals surface area (Å²) in [6, 6.07) is 31.5. The van der Waals surface area contributed by atoms with Crippen LogP contribution in [0.4, 0.5) is 4.79 Å². The maximum Gasteiger partial charge on any atom is 0.418 e. The zero-order chi connectivity index (χ0) is 52.4. The summed E-state index contributed by atoms with van der Waals surface area (Å²) < 4.78 is 6.95. The summed E-state index contributed by atoms with van der Waals surface area (Å²) in [7, 11) is 0. The number of carbonyl (C=O) groups is 1. The van der Waals surface area contributed by atoms with Gasteiger partial charge >= 0.3 is 6.09 Å². The predicted molar refractivity (Wildman–Crippen MR) is 319 cm³/mol. The maximum absolute atomic E-state index is 12.1. The molecule has 0 N–H and O–H groups in total. The number of nitrogens with zero attached hydrogens (tertiary/aromatic N) is 6. The molecular weight excluding hydrogens is 960 g/mol. The van der Waals surface area contributed by atoms with Gasteiger partial charge in [-0.05, 0) is 115 Å². The van der Waals surface area contributed by atoms with Gasteiger partial charge in [-0.25, -0.2) is 24.7 Å². The van der Waals surface area contributed by atoms with Crippen LogP contribution in [0.2, 0.25) is 5.02 Å². The number of aryl methyl sites for hydroxylation is 1. The van der Waals surface area contributed by atoms with E-state index in [1.54, 1.807) is 39.6 Å². The van der Waals surface area contributed by atoms with E-state index in [0.717, 1.165) is 42.1 Å². The van der Waals surface area contributed by atoms with Gasteiger partial charge in [-0.1, -0.05) is 194 Å². The van der Waals surface area contributed by atoms with Crippen molar-refractivity contribution in [3.8, 4) is 0 Å². The van der Waals surface area contributed by atoms with E-state index in [1.807, 2.05) is 64.4 Å². The van der Waals surface area contributed by atoms with E-state index in [0.29, 0.717) is 34.6 Å². The fourth-order valence-electron chi connectivity index (χ4n) is 7.20. The molecule has 0 aliphatic carbocycles. The average Bonchev–Trinajstić information content (AvgIpc) is 4.06. The molecule has 6 heterocycles. The largest absolute Gasteiger partial charge is 0.443 e. The van der Waals surface area contributed by atoms with Crippen molar-refractivity contribution in [1.29, 1.82) is 0 Å². The molecule has 9 rings (SSSR count). The number of benzene rings is 3. The van der Waals surface area contributed by atoms with Gasteiger partial charge in [-0.3, -0.25) is 9.55 Å². The number of thiazole rings is 2. The maximum atomic E-state index is 12.1. The summed E-state index contributed by atoms with van der Waals surface area (Å²) in [5.41, 5.74) is 10.4. The molecule has 0 saturated heterocycles. The van der Waals surface area contributed by atoms with Crippen LogP contribution in [-0.4, -0.2) is 41.2 Å². The SMILES string of the molecule is C.C.CC(C)c1ccc(C(C)(C)C)cc1.CC(C)c1ccc2c(ccn2C(=O)OC(C)(C)C)c1.CC(C)c1cccc2cccnc12.CC(C)c1nc2cc(Cl)cnc2s1.Cc1cnc2sc(C(C)C)nc2c1. The number of para-hydroxylation sites is 1. The van der Waals surface area contributed by atoms with Crippen molar-refractivity contribution in [2.45, 2.75) is 173 Å². The molecule has 0 amide bonds. The smallest absolute Gasteiger partial charge is 0.418 e. The van der Waals surface area contributed by atoms with E-state index in [1.165, 1.54) is 38.2 Å². The fraction of sp³-hybridized carbons (Fsp3) is 0.419. The average molecular weight is 1040 g/mol. The van der Waals surface area contributed by atoms with Crippen LogP contribution in [0, 0.1) is 6.92 Å². The third kappa shape index (κ3) is 17.8. The number of ether oxygens (including phenoxy) is 1. The molecule has 3 aromatic carbocycles. The molecule has 9 aromatic rings. The van der Waals surface area contributed by atoms with Gasteiger partial charge < -0.3 is 4.74 Å². The highest BCUT2D eigenvalue weighted by molar-refractivity contribution is 7.18. The van der Waals surface area contributed by atoms with E-state index >= 15 is 0 Å². The van der Waals surface area contributed by atoms with Gasteiger partial charge in [0.25, 0.3) is 0 Å². The Morgan fingerprint density at radius 3 is 1.68 bits per heavy atom. The molecule has 0 saturated carbocycles. The molecule has 8 nitrogen and oxygen atoms in total. The number of hydrogen-bond acceptors (Lipinski definition) is 9. The zero-order valence-corrected chi connectivity index (χ0v) is 47.4.